The Morgan fingerprint density at radius 1 is 1.26 bits per heavy atom. The molecule has 0 aromatic rings. The SMILES string of the molecule is CO[Si](CN1CCCC(C(=O)N(C)C)C1)(OC)OC. The monoisotopic (exact) mass is 290 g/mol. The van der Waals surface area contributed by atoms with Crippen LogP contribution in [0.5, 0.6) is 0 Å². The number of amides is 1. The van der Waals surface area contributed by atoms with Gasteiger partial charge in [-0.1, -0.05) is 0 Å². The molecule has 1 aliphatic rings. The summed E-state index contributed by atoms with van der Waals surface area (Å²) in [5.41, 5.74) is 0. The molecule has 6 nitrogen and oxygen atoms in total. The lowest BCUT2D eigenvalue weighted by Gasteiger charge is -2.36. The Morgan fingerprint density at radius 2 is 1.84 bits per heavy atom. The third-order valence-electron chi connectivity index (χ3n) is 3.65. The number of nitrogens with zero attached hydrogens (tertiary/aromatic N) is 2. The molecule has 1 rings (SSSR count). The van der Waals surface area contributed by atoms with E-state index in [1.165, 1.54) is 0 Å². The Hall–Kier alpha value is -0.473. The maximum absolute atomic E-state index is 12.0. The fourth-order valence-corrected chi connectivity index (χ4v) is 4.21. The molecule has 1 heterocycles. The highest BCUT2D eigenvalue weighted by atomic mass is 28.4. The number of likely N-dealkylation sites (tertiary alicyclic amines) is 1. The Morgan fingerprint density at radius 3 is 2.32 bits per heavy atom. The quantitative estimate of drug-likeness (QED) is 0.654. The van der Waals surface area contributed by atoms with Gasteiger partial charge < -0.3 is 18.2 Å². The van der Waals surface area contributed by atoms with Crippen LogP contribution in [0.15, 0.2) is 0 Å². The number of hydrogen-bond acceptors (Lipinski definition) is 5. The van der Waals surface area contributed by atoms with Crippen molar-refractivity contribution in [3.63, 3.8) is 0 Å². The van der Waals surface area contributed by atoms with Crippen molar-refractivity contribution in [3.8, 4) is 0 Å². The second-order valence-electron chi connectivity index (χ2n) is 5.10. The van der Waals surface area contributed by atoms with E-state index in [0.717, 1.165) is 25.9 Å². The minimum Gasteiger partial charge on any atom is -0.376 e. The normalized spacial score (nSPS) is 21.4. The van der Waals surface area contributed by atoms with Crippen molar-refractivity contribution in [2.45, 2.75) is 12.8 Å². The summed E-state index contributed by atoms with van der Waals surface area (Å²) in [6.07, 6.45) is 2.61. The predicted octanol–water partition coefficient (Wildman–Crippen LogP) is 0.204. The summed E-state index contributed by atoms with van der Waals surface area (Å²) in [5.74, 6) is 0.269. The zero-order valence-corrected chi connectivity index (χ0v) is 13.6. The summed E-state index contributed by atoms with van der Waals surface area (Å²) < 4.78 is 16.3. The van der Waals surface area contributed by atoms with Crippen molar-refractivity contribution in [3.05, 3.63) is 0 Å². The predicted molar refractivity (Wildman–Crippen MR) is 74.6 cm³/mol. The topological polar surface area (TPSA) is 51.2 Å². The molecule has 0 aromatic carbocycles. The molecule has 1 amide bonds. The van der Waals surface area contributed by atoms with Crippen LogP contribution in [0.25, 0.3) is 0 Å². The molecule has 0 bridgehead atoms. The molecule has 1 fully saturated rings. The Bertz CT molecular complexity index is 289. The molecule has 1 atom stereocenters. The van der Waals surface area contributed by atoms with Gasteiger partial charge in [-0.05, 0) is 19.4 Å². The molecular weight excluding hydrogens is 264 g/mol. The molecule has 1 aliphatic heterocycles. The van der Waals surface area contributed by atoms with Crippen molar-refractivity contribution in [1.29, 1.82) is 0 Å². The van der Waals surface area contributed by atoms with Crippen LogP contribution in [-0.4, -0.2) is 79.2 Å². The van der Waals surface area contributed by atoms with Crippen molar-refractivity contribution in [2.24, 2.45) is 5.92 Å². The maximum Gasteiger partial charge on any atom is 0.514 e. The van der Waals surface area contributed by atoms with E-state index < -0.39 is 8.80 Å². The van der Waals surface area contributed by atoms with Crippen molar-refractivity contribution in [1.82, 2.24) is 9.80 Å². The molecule has 19 heavy (non-hydrogen) atoms. The van der Waals surface area contributed by atoms with Gasteiger partial charge in [-0.25, -0.2) is 0 Å². The van der Waals surface area contributed by atoms with Crippen LogP contribution < -0.4 is 0 Å². The van der Waals surface area contributed by atoms with Crippen LogP contribution >= 0.6 is 0 Å². The average molecular weight is 290 g/mol. The van der Waals surface area contributed by atoms with Crippen LogP contribution in [0.4, 0.5) is 0 Å². The summed E-state index contributed by atoms with van der Waals surface area (Å²) in [5, 5.41) is 0. The summed E-state index contributed by atoms with van der Waals surface area (Å²) in [6, 6.07) is 0. The maximum atomic E-state index is 12.0. The second-order valence-corrected chi connectivity index (χ2v) is 8.01. The van der Waals surface area contributed by atoms with Crippen molar-refractivity contribution >= 4 is 14.7 Å². The standard InChI is InChI=1S/C12H26N2O4Si/c1-13(2)12(15)11-7-6-8-14(9-11)10-19(16-3,17-4)18-5/h11H,6-10H2,1-5H3. The third kappa shape index (κ3) is 4.25. The van der Waals surface area contributed by atoms with Gasteiger partial charge in [0.25, 0.3) is 0 Å². The number of carbonyl (C=O) groups excluding carboxylic acids is 1. The van der Waals surface area contributed by atoms with Gasteiger partial charge in [0.15, 0.2) is 0 Å². The first-order valence-electron chi connectivity index (χ1n) is 6.57. The molecule has 0 spiro atoms. The molecule has 0 saturated carbocycles. The summed E-state index contributed by atoms with van der Waals surface area (Å²) in [6.45, 7) is 1.71. The van der Waals surface area contributed by atoms with Crippen LogP contribution in [-0.2, 0) is 18.1 Å². The van der Waals surface area contributed by atoms with E-state index in [1.54, 1.807) is 40.3 Å². The van der Waals surface area contributed by atoms with Gasteiger partial charge in [-0.3, -0.25) is 9.69 Å². The van der Waals surface area contributed by atoms with Gasteiger partial charge >= 0.3 is 8.80 Å². The van der Waals surface area contributed by atoms with Gasteiger partial charge in [0.2, 0.25) is 5.91 Å². The summed E-state index contributed by atoms with van der Waals surface area (Å²) in [4.78, 5) is 15.9. The Balaban J connectivity index is 2.62. The molecule has 112 valence electrons. The molecule has 7 heteroatoms. The van der Waals surface area contributed by atoms with E-state index in [2.05, 4.69) is 4.90 Å². The lowest BCUT2D eigenvalue weighted by molar-refractivity contribution is -0.134. The number of hydrogen-bond donors (Lipinski definition) is 0. The van der Waals surface area contributed by atoms with E-state index in [0.29, 0.717) is 6.17 Å². The first-order chi connectivity index (χ1) is 8.98. The highest BCUT2D eigenvalue weighted by Crippen LogP contribution is 2.20. The Labute approximate surface area is 117 Å². The van der Waals surface area contributed by atoms with Gasteiger partial charge in [0.05, 0.1) is 12.1 Å². The summed E-state index contributed by atoms with van der Waals surface area (Å²) >= 11 is 0. The van der Waals surface area contributed by atoms with Gasteiger partial charge in [0.1, 0.15) is 0 Å². The minimum atomic E-state index is -2.60. The molecule has 1 saturated heterocycles. The zero-order chi connectivity index (χ0) is 14.5. The van der Waals surface area contributed by atoms with E-state index in [-0.39, 0.29) is 11.8 Å². The third-order valence-corrected chi connectivity index (χ3v) is 6.35. The number of carbonyl (C=O) groups is 1. The van der Waals surface area contributed by atoms with Crippen LogP contribution in [0.2, 0.25) is 0 Å². The largest absolute Gasteiger partial charge is 0.514 e. The van der Waals surface area contributed by atoms with Gasteiger partial charge in [0, 0.05) is 42.0 Å². The van der Waals surface area contributed by atoms with Gasteiger partial charge in [-0.2, -0.15) is 0 Å². The van der Waals surface area contributed by atoms with Crippen LogP contribution in [0.3, 0.4) is 0 Å². The first-order valence-corrected chi connectivity index (χ1v) is 8.50. The Kier molecular flexibility index (Phi) is 6.41. The van der Waals surface area contributed by atoms with Crippen molar-refractivity contribution in [2.75, 3.05) is 54.7 Å². The lowest BCUT2D eigenvalue weighted by Crippen LogP contribution is -2.56. The summed E-state index contributed by atoms with van der Waals surface area (Å²) in [7, 11) is 5.87. The van der Waals surface area contributed by atoms with Crippen molar-refractivity contribution < 1.29 is 18.1 Å². The number of piperidine rings is 1. The van der Waals surface area contributed by atoms with E-state index in [1.807, 2.05) is 0 Å². The average Bonchev–Trinajstić information content (AvgIpc) is 2.44. The molecule has 0 radical (unpaired) electrons. The smallest absolute Gasteiger partial charge is 0.376 e. The lowest BCUT2D eigenvalue weighted by atomic mass is 9.97. The highest BCUT2D eigenvalue weighted by Gasteiger charge is 2.41. The molecular formula is C12H26N2O4Si. The van der Waals surface area contributed by atoms with Gasteiger partial charge in [-0.15, -0.1) is 0 Å². The minimum absolute atomic E-state index is 0.0704. The molecule has 1 unspecified atom stereocenters. The zero-order valence-electron chi connectivity index (χ0n) is 12.6. The number of rotatable bonds is 6. The molecule has 0 aromatic heterocycles. The molecule has 0 aliphatic carbocycles. The highest BCUT2D eigenvalue weighted by molar-refractivity contribution is 6.60. The van der Waals surface area contributed by atoms with E-state index in [4.69, 9.17) is 13.3 Å². The van der Waals surface area contributed by atoms with E-state index in [9.17, 15) is 4.79 Å². The fraction of sp³-hybridized carbons (Fsp3) is 0.917. The first kappa shape index (κ1) is 16.6. The van der Waals surface area contributed by atoms with Crippen LogP contribution in [0, 0.1) is 5.92 Å². The second kappa shape index (κ2) is 7.35. The van der Waals surface area contributed by atoms with Crippen LogP contribution in [0.1, 0.15) is 12.8 Å². The fourth-order valence-electron chi connectivity index (χ4n) is 2.48. The van der Waals surface area contributed by atoms with E-state index >= 15 is 0 Å². The molecule has 0 N–H and O–H groups in total.